The Bertz CT molecular complexity index is 944. The van der Waals surface area contributed by atoms with E-state index in [0.717, 1.165) is 0 Å². The zero-order valence-corrected chi connectivity index (χ0v) is 16.0. The maximum absolute atomic E-state index is 12.2. The zero-order chi connectivity index (χ0) is 21.4. The Morgan fingerprint density at radius 2 is 1.83 bits per heavy atom. The van der Waals surface area contributed by atoms with Crippen LogP contribution in [0.25, 0.3) is 0 Å². The standard InChI is InChI=1S/C19H20ClN5O4/c20-13-5-1-3-11(7-13)15(9-17(27)28)25-16(26)10-23-18(29)12-4-2-6-14(8-12)24-19(21)22/h1-8,15H,9-10H2,(H,23,29)(H,25,26)(H,27,28)(H4,21,22,24)/p-1. The minimum atomic E-state index is -1.34. The van der Waals surface area contributed by atoms with Gasteiger partial charge in [0.15, 0.2) is 5.96 Å². The molecule has 2 aromatic rings. The van der Waals surface area contributed by atoms with E-state index in [-0.39, 0.29) is 18.1 Å². The molecule has 9 nitrogen and oxygen atoms in total. The van der Waals surface area contributed by atoms with Crippen LogP contribution in [0.15, 0.2) is 53.5 Å². The molecule has 29 heavy (non-hydrogen) atoms. The Labute approximate surface area is 171 Å². The predicted molar refractivity (Wildman–Crippen MR) is 106 cm³/mol. The van der Waals surface area contributed by atoms with Gasteiger partial charge in [-0.1, -0.05) is 29.8 Å². The van der Waals surface area contributed by atoms with Crippen LogP contribution in [0, 0.1) is 0 Å². The summed E-state index contributed by atoms with van der Waals surface area (Å²) in [5.74, 6) is -2.59. The van der Waals surface area contributed by atoms with E-state index in [9.17, 15) is 19.5 Å². The maximum Gasteiger partial charge on any atom is 0.251 e. The fourth-order valence-electron chi connectivity index (χ4n) is 2.52. The van der Waals surface area contributed by atoms with Crippen molar-refractivity contribution < 1.29 is 19.5 Å². The smallest absolute Gasteiger partial charge is 0.251 e. The van der Waals surface area contributed by atoms with Crippen molar-refractivity contribution in [2.24, 2.45) is 16.5 Å². The summed E-state index contributed by atoms with van der Waals surface area (Å²) in [5.41, 5.74) is 11.8. The van der Waals surface area contributed by atoms with Crippen LogP contribution in [0.2, 0.25) is 5.02 Å². The molecule has 0 radical (unpaired) electrons. The predicted octanol–water partition coefficient (Wildman–Crippen LogP) is -0.0278. The Kier molecular flexibility index (Phi) is 7.55. The number of halogens is 1. The molecule has 0 saturated carbocycles. The number of aliphatic carboxylic acids is 1. The molecule has 0 aliphatic rings. The third-order valence-corrected chi connectivity index (χ3v) is 3.97. The first-order chi connectivity index (χ1) is 13.7. The van der Waals surface area contributed by atoms with Gasteiger partial charge in [-0.2, -0.15) is 0 Å². The minimum Gasteiger partial charge on any atom is -0.550 e. The summed E-state index contributed by atoms with van der Waals surface area (Å²) in [7, 11) is 0. The lowest BCUT2D eigenvalue weighted by Gasteiger charge is -2.20. The van der Waals surface area contributed by atoms with Gasteiger partial charge in [-0.05, 0) is 35.9 Å². The number of nitrogens with one attached hydrogen (secondary N) is 2. The molecule has 152 valence electrons. The number of hydrogen-bond acceptors (Lipinski definition) is 5. The monoisotopic (exact) mass is 416 g/mol. The van der Waals surface area contributed by atoms with Gasteiger partial charge in [-0.3, -0.25) is 9.59 Å². The molecule has 0 heterocycles. The van der Waals surface area contributed by atoms with Crippen LogP contribution in [0.5, 0.6) is 0 Å². The highest BCUT2D eigenvalue weighted by molar-refractivity contribution is 6.30. The molecule has 0 spiro atoms. The summed E-state index contributed by atoms with van der Waals surface area (Å²) in [6.45, 7) is -0.366. The molecule has 0 aliphatic heterocycles. The van der Waals surface area contributed by atoms with Crippen molar-refractivity contribution in [1.29, 1.82) is 0 Å². The molecular weight excluding hydrogens is 398 g/mol. The minimum absolute atomic E-state index is 0.151. The fourth-order valence-corrected chi connectivity index (χ4v) is 2.71. The molecular formula is C19H19ClN5O4-. The SMILES string of the molecule is NC(N)=Nc1cccc(C(=O)NCC(=O)NC(CC(=O)[O-])c2cccc(Cl)c2)c1. The molecule has 2 aromatic carbocycles. The van der Waals surface area contributed by atoms with Gasteiger partial charge in [0.05, 0.1) is 18.3 Å². The molecule has 6 N–H and O–H groups in total. The van der Waals surface area contributed by atoms with Crippen molar-refractivity contribution in [1.82, 2.24) is 10.6 Å². The van der Waals surface area contributed by atoms with Gasteiger partial charge in [0.2, 0.25) is 5.91 Å². The molecule has 1 unspecified atom stereocenters. The van der Waals surface area contributed by atoms with Crippen molar-refractivity contribution in [2.75, 3.05) is 6.54 Å². The number of nitrogens with two attached hydrogens (primary N) is 2. The van der Waals surface area contributed by atoms with Crippen molar-refractivity contribution in [2.45, 2.75) is 12.5 Å². The van der Waals surface area contributed by atoms with Crippen molar-refractivity contribution in [3.63, 3.8) is 0 Å². The molecule has 2 rings (SSSR count). The third-order valence-electron chi connectivity index (χ3n) is 3.73. The molecule has 0 fully saturated rings. The quantitative estimate of drug-likeness (QED) is 0.348. The van der Waals surface area contributed by atoms with Crippen molar-refractivity contribution in [3.05, 3.63) is 64.7 Å². The Morgan fingerprint density at radius 3 is 2.48 bits per heavy atom. The lowest BCUT2D eigenvalue weighted by molar-refractivity contribution is -0.306. The van der Waals surface area contributed by atoms with E-state index < -0.39 is 30.2 Å². The number of nitrogens with zero attached hydrogens (tertiary/aromatic N) is 1. The second-order valence-corrected chi connectivity index (χ2v) is 6.46. The van der Waals surface area contributed by atoms with Gasteiger partial charge in [-0.25, -0.2) is 4.99 Å². The van der Waals surface area contributed by atoms with Crippen LogP contribution in [-0.2, 0) is 9.59 Å². The number of guanidine groups is 1. The third kappa shape index (κ3) is 7.15. The van der Waals surface area contributed by atoms with Gasteiger partial charge in [0.25, 0.3) is 5.91 Å². The summed E-state index contributed by atoms with van der Waals surface area (Å²) in [6, 6.07) is 11.8. The molecule has 0 aliphatic carbocycles. The highest BCUT2D eigenvalue weighted by Gasteiger charge is 2.16. The molecule has 0 bridgehead atoms. The van der Waals surface area contributed by atoms with Crippen LogP contribution in [0.1, 0.15) is 28.4 Å². The van der Waals surface area contributed by atoms with Crippen molar-refractivity contribution >= 4 is 41.0 Å². The summed E-state index contributed by atoms with van der Waals surface area (Å²) in [6.07, 6.45) is -0.444. The average molecular weight is 417 g/mol. The van der Waals surface area contributed by atoms with E-state index in [1.54, 1.807) is 36.4 Å². The number of aliphatic imine (C=N–C) groups is 1. The summed E-state index contributed by atoms with van der Waals surface area (Å²) < 4.78 is 0. The van der Waals surface area contributed by atoms with Crippen LogP contribution in [0.3, 0.4) is 0 Å². The van der Waals surface area contributed by atoms with E-state index in [4.69, 9.17) is 23.1 Å². The average Bonchev–Trinajstić information content (AvgIpc) is 2.65. The Hall–Kier alpha value is -3.59. The van der Waals surface area contributed by atoms with E-state index >= 15 is 0 Å². The number of hydrogen-bond donors (Lipinski definition) is 4. The highest BCUT2D eigenvalue weighted by atomic mass is 35.5. The molecule has 2 amide bonds. The van der Waals surface area contributed by atoms with Gasteiger partial charge in [0, 0.05) is 23.0 Å². The fraction of sp³-hybridized carbons (Fsp3) is 0.158. The lowest BCUT2D eigenvalue weighted by Crippen LogP contribution is -2.40. The van der Waals surface area contributed by atoms with Crippen LogP contribution < -0.4 is 27.2 Å². The molecule has 0 saturated heterocycles. The van der Waals surface area contributed by atoms with Gasteiger partial charge in [-0.15, -0.1) is 0 Å². The summed E-state index contributed by atoms with van der Waals surface area (Å²) in [4.78, 5) is 39.3. The van der Waals surface area contributed by atoms with E-state index in [0.29, 0.717) is 16.3 Å². The van der Waals surface area contributed by atoms with Crippen LogP contribution >= 0.6 is 11.6 Å². The first-order valence-electron chi connectivity index (χ1n) is 8.47. The first kappa shape index (κ1) is 21.7. The van der Waals surface area contributed by atoms with E-state index in [2.05, 4.69) is 15.6 Å². The first-order valence-corrected chi connectivity index (χ1v) is 8.85. The van der Waals surface area contributed by atoms with E-state index in [1.165, 1.54) is 12.1 Å². The zero-order valence-electron chi connectivity index (χ0n) is 15.2. The van der Waals surface area contributed by atoms with Gasteiger partial charge in [0.1, 0.15) is 0 Å². The topological polar surface area (TPSA) is 163 Å². The highest BCUT2D eigenvalue weighted by Crippen LogP contribution is 2.20. The van der Waals surface area contributed by atoms with Gasteiger partial charge < -0.3 is 32.0 Å². The normalized spacial score (nSPS) is 11.2. The van der Waals surface area contributed by atoms with Crippen LogP contribution in [-0.4, -0.2) is 30.3 Å². The lowest BCUT2D eigenvalue weighted by atomic mass is 10.0. The largest absolute Gasteiger partial charge is 0.550 e. The number of carboxylic acid groups (broad SMARTS) is 1. The maximum atomic E-state index is 12.2. The summed E-state index contributed by atoms with van der Waals surface area (Å²) in [5, 5.41) is 16.4. The number of amides is 2. The van der Waals surface area contributed by atoms with E-state index in [1.807, 2.05) is 0 Å². The Balaban J connectivity index is 2.00. The number of carbonyl (C=O) groups excluding carboxylic acids is 3. The second kappa shape index (κ2) is 10.1. The number of carboxylic acids is 1. The van der Waals surface area contributed by atoms with Crippen LogP contribution in [0.4, 0.5) is 5.69 Å². The second-order valence-electron chi connectivity index (χ2n) is 6.02. The Morgan fingerprint density at radius 1 is 1.10 bits per heavy atom. The number of carbonyl (C=O) groups is 3. The molecule has 0 aromatic heterocycles. The molecule has 10 heteroatoms. The molecule has 1 atom stereocenters. The van der Waals surface area contributed by atoms with Crippen molar-refractivity contribution in [3.8, 4) is 0 Å². The summed E-state index contributed by atoms with van der Waals surface area (Å²) >= 11 is 5.92. The number of benzene rings is 2. The van der Waals surface area contributed by atoms with Gasteiger partial charge >= 0.3 is 0 Å². The number of rotatable bonds is 8.